The normalized spacial score (nSPS) is 11.1. The zero-order chi connectivity index (χ0) is 33.8. The molecule has 0 saturated carbocycles. The number of benzene rings is 7. The number of nitrogens with zero attached hydrogens (tertiary/aromatic N) is 5. The van der Waals surface area contributed by atoms with Crippen LogP contribution in [0.5, 0.6) is 0 Å². The van der Waals surface area contributed by atoms with Crippen LogP contribution in [0.25, 0.3) is 77.2 Å². The summed E-state index contributed by atoms with van der Waals surface area (Å²) < 4.78 is 4.49. The summed E-state index contributed by atoms with van der Waals surface area (Å²) in [4.78, 5) is 0. The number of nitriles is 3. The third-order valence-electron chi connectivity index (χ3n) is 9.67. The van der Waals surface area contributed by atoms with E-state index in [1.165, 1.54) is 10.8 Å². The van der Waals surface area contributed by atoms with Crippen LogP contribution < -0.4 is 0 Å². The molecule has 0 amide bonds. The van der Waals surface area contributed by atoms with E-state index in [0.717, 1.165) is 60.9 Å². The lowest BCUT2D eigenvalue weighted by Gasteiger charge is -2.19. The van der Waals surface area contributed by atoms with E-state index in [2.05, 4.69) is 112 Å². The Morgan fingerprint density at radius 2 is 1.00 bits per heavy atom. The highest BCUT2D eigenvalue weighted by molar-refractivity contribution is 6.11. The maximum atomic E-state index is 10.6. The number of aromatic nitrogens is 2. The predicted octanol–water partition coefficient (Wildman–Crippen LogP) is 10.8. The quantitative estimate of drug-likeness (QED) is 0.193. The van der Waals surface area contributed by atoms with Crippen molar-refractivity contribution in [1.82, 2.24) is 9.13 Å². The molecule has 0 N–H and O–H groups in total. The van der Waals surface area contributed by atoms with Crippen LogP contribution in [0, 0.1) is 34.0 Å². The predicted molar refractivity (Wildman–Crippen MR) is 200 cm³/mol. The van der Waals surface area contributed by atoms with Crippen LogP contribution in [0.3, 0.4) is 0 Å². The Hall–Kier alpha value is -7.39. The Morgan fingerprint density at radius 3 is 1.64 bits per heavy atom. The second kappa shape index (κ2) is 11.4. The van der Waals surface area contributed by atoms with Crippen LogP contribution in [-0.2, 0) is 0 Å². The van der Waals surface area contributed by atoms with Crippen molar-refractivity contribution in [1.29, 1.82) is 15.8 Å². The number of para-hydroxylation sites is 4. The van der Waals surface area contributed by atoms with Crippen molar-refractivity contribution in [3.63, 3.8) is 0 Å². The van der Waals surface area contributed by atoms with Crippen molar-refractivity contribution in [2.45, 2.75) is 0 Å². The average molecular weight is 636 g/mol. The first-order valence-corrected chi connectivity index (χ1v) is 16.3. The van der Waals surface area contributed by atoms with E-state index in [0.29, 0.717) is 22.3 Å². The molecule has 0 spiro atoms. The summed E-state index contributed by atoms with van der Waals surface area (Å²) in [7, 11) is 0. The van der Waals surface area contributed by atoms with E-state index in [1.807, 2.05) is 60.7 Å². The zero-order valence-electron chi connectivity index (χ0n) is 26.7. The fraction of sp³-hybridized carbons (Fsp3) is 0. The van der Waals surface area contributed by atoms with Crippen molar-refractivity contribution in [2.24, 2.45) is 0 Å². The molecule has 0 fully saturated rings. The van der Waals surface area contributed by atoms with Gasteiger partial charge in [0.25, 0.3) is 0 Å². The second-order valence-electron chi connectivity index (χ2n) is 12.3. The van der Waals surface area contributed by atoms with E-state index < -0.39 is 0 Å². The smallest absolute Gasteiger partial charge is 0.101 e. The van der Waals surface area contributed by atoms with Crippen LogP contribution >= 0.6 is 0 Å². The molecule has 9 rings (SSSR count). The van der Waals surface area contributed by atoms with Gasteiger partial charge >= 0.3 is 0 Å². The first-order valence-electron chi connectivity index (χ1n) is 16.3. The van der Waals surface area contributed by atoms with Crippen molar-refractivity contribution in [3.05, 3.63) is 168 Å². The monoisotopic (exact) mass is 635 g/mol. The van der Waals surface area contributed by atoms with Gasteiger partial charge in [-0.1, -0.05) is 91.0 Å². The molecule has 230 valence electrons. The standard InChI is InChI=1S/C45H25N5/c46-26-29-17-24-44-38(25-29)36-12-4-8-16-43(36)50(44)42-15-7-3-11-35(42)37-23-20-31(27-47)39(28-48)45(37)30-18-21-32(22-19-30)49-40-13-5-1-9-33(40)34-10-2-6-14-41(34)49/h1-25H. The lowest BCUT2D eigenvalue weighted by Crippen LogP contribution is -2.00. The summed E-state index contributed by atoms with van der Waals surface area (Å²) in [6.07, 6.45) is 0. The lowest BCUT2D eigenvalue weighted by atomic mass is 9.87. The molecule has 5 nitrogen and oxygen atoms in total. The molecule has 5 heteroatoms. The Morgan fingerprint density at radius 1 is 0.420 bits per heavy atom. The van der Waals surface area contributed by atoms with Gasteiger partial charge in [0.1, 0.15) is 12.1 Å². The fourth-order valence-corrected chi connectivity index (χ4v) is 7.51. The van der Waals surface area contributed by atoms with Gasteiger partial charge in [0, 0.05) is 38.4 Å². The molecule has 50 heavy (non-hydrogen) atoms. The summed E-state index contributed by atoms with van der Waals surface area (Å²) in [5.41, 5.74) is 10.7. The molecule has 0 aliphatic carbocycles. The molecule has 0 bridgehead atoms. The highest BCUT2D eigenvalue weighted by atomic mass is 15.0. The first kappa shape index (κ1) is 28.8. The van der Waals surface area contributed by atoms with E-state index in [9.17, 15) is 15.8 Å². The fourth-order valence-electron chi connectivity index (χ4n) is 7.51. The van der Waals surface area contributed by atoms with E-state index >= 15 is 0 Å². The Bertz CT molecular complexity index is 2900. The largest absolute Gasteiger partial charge is 0.309 e. The highest BCUT2D eigenvalue weighted by Gasteiger charge is 2.22. The maximum Gasteiger partial charge on any atom is 0.101 e. The van der Waals surface area contributed by atoms with Crippen LogP contribution in [0.15, 0.2) is 152 Å². The maximum absolute atomic E-state index is 10.6. The summed E-state index contributed by atoms with van der Waals surface area (Å²) in [5.74, 6) is 0. The number of hydrogen-bond donors (Lipinski definition) is 0. The van der Waals surface area contributed by atoms with Gasteiger partial charge in [-0.2, -0.15) is 15.8 Å². The minimum absolute atomic E-state index is 0.330. The number of fused-ring (bicyclic) bond motifs is 6. The minimum Gasteiger partial charge on any atom is -0.309 e. The van der Waals surface area contributed by atoms with Gasteiger partial charge in [0.15, 0.2) is 0 Å². The van der Waals surface area contributed by atoms with Gasteiger partial charge < -0.3 is 9.13 Å². The van der Waals surface area contributed by atoms with Crippen LogP contribution in [-0.4, -0.2) is 9.13 Å². The van der Waals surface area contributed by atoms with Crippen molar-refractivity contribution >= 4 is 43.6 Å². The first-order chi connectivity index (χ1) is 24.7. The number of rotatable bonds is 4. The highest BCUT2D eigenvalue weighted by Crippen LogP contribution is 2.42. The minimum atomic E-state index is 0.330. The van der Waals surface area contributed by atoms with E-state index in [1.54, 1.807) is 6.07 Å². The SMILES string of the molecule is N#Cc1ccc2c(c1)c1ccccc1n2-c1ccccc1-c1ccc(C#N)c(C#N)c1-c1ccc(-n2c3ccccc3c3ccccc32)cc1. The van der Waals surface area contributed by atoms with Crippen molar-refractivity contribution in [3.8, 4) is 51.8 Å². The summed E-state index contributed by atoms with van der Waals surface area (Å²) in [5, 5.41) is 34.8. The molecule has 9 aromatic rings. The number of hydrogen-bond acceptors (Lipinski definition) is 3. The third kappa shape index (κ3) is 4.24. The molecular weight excluding hydrogens is 611 g/mol. The van der Waals surface area contributed by atoms with Gasteiger partial charge in [-0.15, -0.1) is 0 Å². The Labute approximate surface area is 287 Å². The molecular formula is C45H25N5. The summed E-state index contributed by atoms with van der Waals surface area (Å²) in [6.45, 7) is 0. The Kier molecular flexibility index (Phi) is 6.56. The molecule has 0 aliphatic heterocycles. The lowest BCUT2D eigenvalue weighted by molar-refractivity contribution is 1.18. The third-order valence-corrected chi connectivity index (χ3v) is 9.67. The molecule has 0 unspecified atom stereocenters. The van der Waals surface area contributed by atoms with Crippen molar-refractivity contribution in [2.75, 3.05) is 0 Å². The molecule has 0 aliphatic rings. The van der Waals surface area contributed by atoms with Crippen LogP contribution in [0.4, 0.5) is 0 Å². The molecule has 0 radical (unpaired) electrons. The molecule has 2 aromatic heterocycles. The zero-order valence-corrected chi connectivity index (χ0v) is 26.7. The van der Waals surface area contributed by atoms with Gasteiger partial charge in [0.05, 0.1) is 50.5 Å². The van der Waals surface area contributed by atoms with E-state index in [4.69, 9.17) is 0 Å². The topological polar surface area (TPSA) is 81.2 Å². The molecule has 2 heterocycles. The van der Waals surface area contributed by atoms with Gasteiger partial charge in [0.2, 0.25) is 0 Å². The van der Waals surface area contributed by atoms with E-state index in [-0.39, 0.29) is 0 Å². The second-order valence-corrected chi connectivity index (χ2v) is 12.3. The summed E-state index contributed by atoms with van der Waals surface area (Å²) in [6, 6.07) is 57.8. The van der Waals surface area contributed by atoms with Crippen molar-refractivity contribution < 1.29 is 0 Å². The van der Waals surface area contributed by atoms with Crippen LogP contribution in [0.1, 0.15) is 16.7 Å². The molecule has 0 saturated heterocycles. The van der Waals surface area contributed by atoms with Crippen LogP contribution in [0.2, 0.25) is 0 Å². The molecule has 0 atom stereocenters. The van der Waals surface area contributed by atoms with Gasteiger partial charge in [-0.3, -0.25) is 0 Å². The summed E-state index contributed by atoms with van der Waals surface area (Å²) >= 11 is 0. The van der Waals surface area contributed by atoms with Gasteiger partial charge in [-0.25, -0.2) is 0 Å². The Balaban J connectivity index is 1.28. The average Bonchev–Trinajstić information content (AvgIpc) is 3.70. The molecule has 7 aromatic carbocycles. The van der Waals surface area contributed by atoms with Gasteiger partial charge in [-0.05, 0) is 71.8 Å².